The van der Waals surface area contributed by atoms with Gasteiger partial charge >= 0.3 is 11.9 Å². The van der Waals surface area contributed by atoms with Crippen LogP contribution in [0.15, 0.2) is 101 Å². The Morgan fingerprint density at radius 1 is 0.795 bits per heavy atom. The first kappa shape index (κ1) is 25.5. The molecule has 0 saturated heterocycles. The van der Waals surface area contributed by atoms with Crippen molar-refractivity contribution < 1.29 is 28.3 Å². The Labute approximate surface area is 225 Å². The van der Waals surface area contributed by atoms with Crippen molar-refractivity contribution in [3.8, 4) is 11.3 Å². The van der Waals surface area contributed by atoms with Gasteiger partial charge in [0.1, 0.15) is 11.5 Å². The molecule has 0 unspecified atom stereocenters. The molecule has 0 saturated carbocycles. The lowest BCUT2D eigenvalue weighted by atomic mass is 10.1. The molecule has 194 valence electrons. The van der Waals surface area contributed by atoms with Crippen molar-refractivity contribution in [1.82, 2.24) is 0 Å². The Bertz CT molecular complexity index is 1630. The van der Waals surface area contributed by atoms with Gasteiger partial charge in [0.2, 0.25) is 0 Å². The number of furan rings is 1. The molecule has 0 radical (unpaired) electrons. The molecule has 2 heterocycles. The number of esters is 2. The van der Waals surface area contributed by atoms with Crippen LogP contribution in [0.1, 0.15) is 37.6 Å². The smallest absolute Gasteiger partial charge is 0.337 e. The molecule has 7 nitrogen and oxygen atoms in total. The lowest BCUT2D eigenvalue weighted by molar-refractivity contribution is -0.113. The maximum atomic E-state index is 13.8. The number of carbonyl (C=O) groups is 3. The Hall–Kier alpha value is -5.17. The minimum Gasteiger partial charge on any atom is -0.465 e. The van der Waals surface area contributed by atoms with E-state index in [1.807, 2.05) is 49.4 Å². The standard InChI is InChI=1S/C32H25NO6/c1-20-9-10-24(32(36)38-3)18-27(20)33-28(21-7-5-4-6-8-21)19-25(30(33)34)17-26-15-16-29(39-26)22-11-13-23(14-12-22)31(35)37-2/h4-19H,1-3H3/b25-17+. The predicted molar refractivity (Wildman–Crippen MR) is 148 cm³/mol. The van der Waals surface area contributed by atoms with Crippen LogP contribution < -0.4 is 4.90 Å². The normalized spacial score (nSPS) is 13.9. The van der Waals surface area contributed by atoms with Gasteiger partial charge in [0.25, 0.3) is 5.91 Å². The summed E-state index contributed by atoms with van der Waals surface area (Å²) in [7, 11) is 2.66. The van der Waals surface area contributed by atoms with Gasteiger partial charge in [-0.05, 0) is 66.6 Å². The number of carbonyl (C=O) groups excluding carboxylic acids is 3. The van der Waals surface area contributed by atoms with Gasteiger partial charge in [0.15, 0.2) is 0 Å². The lowest BCUT2D eigenvalue weighted by Gasteiger charge is -2.23. The highest BCUT2D eigenvalue weighted by Crippen LogP contribution is 2.37. The first-order valence-corrected chi connectivity index (χ1v) is 12.2. The fourth-order valence-electron chi connectivity index (χ4n) is 4.40. The third-order valence-electron chi connectivity index (χ3n) is 6.44. The average molecular weight is 520 g/mol. The summed E-state index contributed by atoms with van der Waals surface area (Å²) in [6.45, 7) is 1.89. The molecule has 1 aliphatic rings. The van der Waals surface area contributed by atoms with E-state index in [-0.39, 0.29) is 5.91 Å². The van der Waals surface area contributed by atoms with E-state index in [1.54, 1.807) is 59.5 Å². The number of methoxy groups -OCH3 is 2. The second kappa shape index (κ2) is 10.7. The number of rotatable bonds is 6. The number of hydrogen-bond acceptors (Lipinski definition) is 6. The Morgan fingerprint density at radius 2 is 1.46 bits per heavy atom. The molecule has 0 N–H and O–H groups in total. The van der Waals surface area contributed by atoms with Crippen LogP contribution in [0, 0.1) is 6.92 Å². The van der Waals surface area contributed by atoms with Crippen LogP contribution >= 0.6 is 0 Å². The van der Waals surface area contributed by atoms with Crippen molar-refractivity contribution >= 4 is 35.3 Å². The average Bonchev–Trinajstić information content (AvgIpc) is 3.57. The number of anilines is 1. The van der Waals surface area contributed by atoms with Gasteiger partial charge in [-0.15, -0.1) is 0 Å². The number of hydrogen-bond donors (Lipinski definition) is 0. The van der Waals surface area contributed by atoms with Crippen LogP contribution in [0.3, 0.4) is 0 Å². The summed E-state index contributed by atoms with van der Waals surface area (Å²) in [5.74, 6) is -0.0551. The van der Waals surface area contributed by atoms with Crippen molar-refractivity contribution in [1.29, 1.82) is 0 Å². The van der Waals surface area contributed by atoms with E-state index in [0.29, 0.717) is 39.6 Å². The molecule has 7 heteroatoms. The van der Waals surface area contributed by atoms with Crippen molar-refractivity contribution in [2.24, 2.45) is 0 Å². The Morgan fingerprint density at radius 3 is 2.15 bits per heavy atom. The monoisotopic (exact) mass is 519 g/mol. The van der Waals surface area contributed by atoms with Crippen molar-refractivity contribution in [3.63, 3.8) is 0 Å². The zero-order valence-corrected chi connectivity index (χ0v) is 21.6. The van der Waals surface area contributed by atoms with Gasteiger partial charge < -0.3 is 13.9 Å². The third kappa shape index (κ3) is 5.02. The number of amides is 1. The maximum absolute atomic E-state index is 13.8. The minimum atomic E-state index is -0.480. The Kier molecular flexibility index (Phi) is 6.97. The van der Waals surface area contributed by atoms with E-state index < -0.39 is 11.9 Å². The summed E-state index contributed by atoms with van der Waals surface area (Å²) in [5, 5.41) is 0. The highest BCUT2D eigenvalue weighted by atomic mass is 16.5. The first-order valence-electron chi connectivity index (χ1n) is 12.2. The van der Waals surface area contributed by atoms with E-state index in [0.717, 1.165) is 16.7 Å². The molecule has 0 atom stereocenters. The molecule has 0 bridgehead atoms. The molecule has 4 aromatic rings. The van der Waals surface area contributed by atoms with E-state index in [2.05, 4.69) is 0 Å². The van der Waals surface area contributed by atoms with E-state index in [9.17, 15) is 14.4 Å². The highest BCUT2D eigenvalue weighted by molar-refractivity contribution is 6.23. The fraction of sp³-hybridized carbons (Fsp3) is 0.0938. The first-order chi connectivity index (χ1) is 18.9. The molecule has 0 aliphatic carbocycles. The van der Waals surface area contributed by atoms with Gasteiger partial charge in [0, 0.05) is 11.1 Å². The van der Waals surface area contributed by atoms with Gasteiger partial charge in [-0.3, -0.25) is 9.69 Å². The van der Waals surface area contributed by atoms with Crippen LogP contribution in [0.2, 0.25) is 0 Å². The van der Waals surface area contributed by atoms with Crippen LogP contribution in [0.25, 0.3) is 23.1 Å². The summed E-state index contributed by atoms with van der Waals surface area (Å²) < 4.78 is 15.7. The fourth-order valence-corrected chi connectivity index (χ4v) is 4.40. The second-order valence-electron chi connectivity index (χ2n) is 8.90. The van der Waals surface area contributed by atoms with Crippen LogP contribution in [-0.4, -0.2) is 32.1 Å². The molecular formula is C32H25NO6. The van der Waals surface area contributed by atoms with Crippen LogP contribution in [0.5, 0.6) is 0 Å². The summed E-state index contributed by atoms with van der Waals surface area (Å²) in [6, 6.07) is 25.2. The molecule has 1 aromatic heterocycles. The number of aryl methyl sites for hydroxylation is 1. The molecule has 3 aromatic carbocycles. The number of ether oxygens (including phenoxy) is 2. The van der Waals surface area contributed by atoms with Gasteiger partial charge in [-0.25, -0.2) is 9.59 Å². The van der Waals surface area contributed by atoms with Crippen LogP contribution in [-0.2, 0) is 14.3 Å². The molecular weight excluding hydrogens is 494 g/mol. The van der Waals surface area contributed by atoms with Crippen molar-refractivity contribution in [3.05, 3.63) is 125 Å². The van der Waals surface area contributed by atoms with E-state index >= 15 is 0 Å². The second-order valence-corrected chi connectivity index (χ2v) is 8.90. The SMILES string of the molecule is COC(=O)c1ccc(-c2ccc(/C=C3\C=C(c4ccccc4)N(c4cc(C(=O)OC)ccc4C)C3=O)o2)cc1. The van der Waals surface area contributed by atoms with Gasteiger partial charge in [-0.2, -0.15) is 0 Å². The summed E-state index contributed by atoms with van der Waals surface area (Å²) >= 11 is 0. The molecule has 5 rings (SSSR count). The molecule has 0 spiro atoms. The third-order valence-corrected chi connectivity index (χ3v) is 6.44. The molecule has 39 heavy (non-hydrogen) atoms. The van der Waals surface area contributed by atoms with Gasteiger partial charge in [0.05, 0.1) is 36.7 Å². The summed E-state index contributed by atoms with van der Waals surface area (Å²) in [4.78, 5) is 39.4. The topological polar surface area (TPSA) is 86.0 Å². The zero-order valence-electron chi connectivity index (χ0n) is 21.6. The van der Waals surface area contributed by atoms with Crippen molar-refractivity contribution in [2.45, 2.75) is 6.92 Å². The Balaban J connectivity index is 1.52. The quantitative estimate of drug-likeness (QED) is 0.220. The largest absolute Gasteiger partial charge is 0.465 e. The molecule has 1 aliphatic heterocycles. The minimum absolute atomic E-state index is 0.251. The number of benzene rings is 3. The molecule has 1 amide bonds. The molecule has 0 fully saturated rings. The maximum Gasteiger partial charge on any atom is 0.337 e. The number of nitrogens with zero attached hydrogens (tertiary/aromatic N) is 1. The van der Waals surface area contributed by atoms with Gasteiger partial charge in [-0.1, -0.05) is 48.5 Å². The van der Waals surface area contributed by atoms with Crippen molar-refractivity contribution in [2.75, 3.05) is 19.1 Å². The lowest BCUT2D eigenvalue weighted by Crippen LogP contribution is -2.26. The summed E-state index contributed by atoms with van der Waals surface area (Å²) in [6.07, 6.45) is 3.51. The zero-order chi connectivity index (χ0) is 27.5. The summed E-state index contributed by atoms with van der Waals surface area (Å²) in [5.41, 5.74) is 4.95. The highest BCUT2D eigenvalue weighted by Gasteiger charge is 2.32. The van der Waals surface area contributed by atoms with E-state index in [4.69, 9.17) is 13.9 Å². The van der Waals surface area contributed by atoms with Crippen LogP contribution in [0.4, 0.5) is 5.69 Å². The van der Waals surface area contributed by atoms with E-state index in [1.165, 1.54) is 14.2 Å². The predicted octanol–water partition coefficient (Wildman–Crippen LogP) is 6.30.